The number of likely N-dealkylation sites (tertiary alicyclic amines) is 1. The van der Waals surface area contributed by atoms with Crippen molar-refractivity contribution in [2.24, 2.45) is 0 Å². The van der Waals surface area contributed by atoms with Gasteiger partial charge in [0.1, 0.15) is 6.04 Å². The maximum atomic E-state index is 11.7. The van der Waals surface area contributed by atoms with Crippen LogP contribution >= 0.6 is 0 Å². The third-order valence-electron chi connectivity index (χ3n) is 2.69. The van der Waals surface area contributed by atoms with E-state index in [0.29, 0.717) is 13.2 Å². The van der Waals surface area contributed by atoms with E-state index < -0.39 is 18.1 Å². The lowest BCUT2D eigenvalue weighted by atomic mass is 10.2. The minimum Gasteiger partial charge on any atom is -0.480 e. The largest absolute Gasteiger partial charge is 0.480 e. The van der Waals surface area contributed by atoms with Gasteiger partial charge in [-0.2, -0.15) is 0 Å². The second-order valence-electron chi connectivity index (χ2n) is 4.15. The Kier molecular flexibility index (Phi) is 5.37. The SMILES string of the molecule is CCCOCCC(=O)N1C[C@H](O)C[C@@H]1C(=O)O. The molecule has 0 unspecified atom stereocenters. The standard InChI is InChI=1S/C11H19NO5/c1-2-4-17-5-3-10(14)12-7-8(13)6-9(12)11(15)16/h8-9,13H,2-7H2,1H3,(H,15,16)/t8-,9-/m1/s1. The zero-order valence-corrected chi connectivity index (χ0v) is 9.96. The van der Waals surface area contributed by atoms with Crippen LogP contribution in [0.25, 0.3) is 0 Å². The number of nitrogens with zero attached hydrogens (tertiary/aromatic N) is 1. The van der Waals surface area contributed by atoms with Gasteiger partial charge >= 0.3 is 5.97 Å². The molecule has 0 aromatic rings. The van der Waals surface area contributed by atoms with Gasteiger partial charge < -0.3 is 19.8 Å². The van der Waals surface area contributed by atoms with Crippen molar-refractivity contribution in [2.45, 2.75) is 38.3 Å². The molecule has 1 rings (SSSR count). The molecule has 0 aromatic heterocycles. The Balaban J connectivity index is 2.41. The number of aliphatic hydroxyl groups is 1. The summed E-state index contributed by atoms with van der Waals surface area (Å²) in [6, 6.07) is -0.899. The van der Waals surface area contributed by atoms with Crippen LogP contribution in [-0.4, -0.2) is 58.9 Å². The van der Waals surface area contributed by atoms with Gasteiger partial charge in [-0.25, -0.2) is 4.79 Å². The summed E-state index contributed by atoms with van der Waals surface area (Å²) >= 11 is 0. The van der Waals surface area contributed by atoms with Crippen LogP contribution in [0.3, 0.4) is 0 Å². The Morgan fingerprint density at radius 1 is 1.41 bits per heavy atom. The summed E-state index contributed by atoms with van der Waals surface area (Å²) < 4.78 is 5.18. The van der Waals surface area contributed by atoms with Crippen molar-refractivity contribution >= 4 is 11.9 Å². The third-order valence-corrected chi connectivity index (χ3v) is 2.69. The first-order valence-electron chi connectivity index (χ1n) is 5.84. The van der Waals surface area contributed by atoms with E-state index in [2.05, 4.69) is 0 Å². The molecular weight excluding hydrogens is 226 g/mol. The van der Waals surface area contributed by atoms with Crippen molar-refractivity contribution in [2.75, 3.05) is 19.8 Å². The number of β-amino-alcohol motifs (C(OH)–C–C–N with tert-alkyl or cyclic N) is 1. The quantitative estimate of drug-likeness (QED) is 0.635. The van der Waals surface area contributed by atoms with Crippen LogP contribution in [0.1, 0.15) is 26.2 Å². The second kappa shape index (κ2) is 6.56. The zero-order valence-electron chi connectivity index (χ0n) is 9.96. The van der Waals surface area contributed by atoms with Gasteiger partial charge in [-0.05, 0) is 6.42 Å². The van der Waals surface area contributed by atoms with Gasteiger partial charge in [0.05, 0.1) is 19.1 Å². The van der Waals surface area contributed by atoms with Gasteiger partial charge in [-0.3, -0.25) is 4.79 Å². The smallest absolute Gasteiger partial charge is 0.326 e. The number of aliphatic carboxylic acids is 1. The Bertz CT molecular complexity index is 281. The van der Waals surface area contributed by atoms with Gasteiger partial charge in [-0.15, -0.1) is 0 Å². The van der Waals surface area contributed by atoms with Crippen molar-refractivity contribution in [3.63, 3.8) is 0 Å². The fourth-order valence-corrected chi connectivity index (χ4v) is 1.87. The first-order chi connectivity index (χ1) is 8.06. The molecule has 98 valence electrons. The molecule has 0 spiro atoms. The summed E-state index contributed by atoms with van der Waals surface area (Å²) in [7, 11) is 0. The summed E-state index contributed by atoms with van der Waals surface area (Å²) in [5, 5.41) is 18.3. The third kappa shape index (κ3) is 3.98. The highest BCUT2D eigenvalue weighted by Crippen LogP contribution is 2.19. The Hall–Kier alpha value is -1.14. The molecule has 2 N–H and O–H groups in total. The Morgan fingerprint density at radius 3 is 2.71 bits per heavy atom. The van der Waals surface area contributed by atoms with E-state index in [0.717, 1.165) is 6.42 Å². The molecule has 0 bridgehead atoms. The minimum absolute atomic E-state index is 0.101. The maximum absolute atomic E-state index is 11.7. The fourth-order valence-electron chi connectivity index (χ4n) is 1.87. The molecule has 0 saturated carbocycles. The number of aliphatic hydroxyl groups excluding tert-OH is 1. The lowest BCUT2D eigenvalue weighted by Gasteiger charge is -2.21. The molecule has 0 aliphatic carbocycles. The Labute approximate surface area is 100 Å². The summed E-state index contributed by atoms with van der Waals surface area (Å²) in [6.07, 6.45) is 0.415. The van der Waals surface area contributed by atoms with Crippen molar-refractivity contribution in [1.82, 2.24) is 4.90 Å². The molecule has 1 amide bonds. The van der Waals surface area contributed by atoms with E-state index in [1.165, 1.54) is 4.90 Å². The second-order valence-corrected chi connectivity index (χ2v) is 4.15. The lowest BCUT2D eigenvalue weighted by Crippen LogP contribution is -2.40. The van der Waals surface area contributed by atoms with E-state index in [-0.39, 0.29) is 25.3 Å². The molecule has 6 nitrogen and oxygen atoms in total. The molecule has 1 aliphatic rings. The van der Waals surface area contributed by atoms with Crippen molar-refractivity contribution in [3.05, 3.63) is 0 Å². The lowest BCUT2D eigenvalue weighted by molar-refractivity contribution is -0.148. The van der Waals surface area contributed by atoms with Crippen LogP contribution < -0.4 is 0 Å². The molecular formula is C11H19NO5. The van der Waals surface area contributed by atoms with Crippen molar-refractivity contribution in [3.8, 4) is 0 Å². The van der Waals surface area contributed by atoms with E-state index in [4.69, 9.17) is 9.84 Å². The molecule has 1 aliphatic heterocycles. The first-order valence-corrected chi connectivity index (χ1v) is 5.84. The van der Waals surface area contributed by atoms with E-state index >= 15 is 0 Å². The number of carboxylic acids is 1. The zero-order chi connectivity index (χ0) is 12.8. The van der Waals surface area contributed by atoms with Crippen molar-refractivity contribution in [1.29, 1.82) is 0 Å². The van der Waals surface area contributed by atoms with Gasteiger partial charge in [0.2, 0.25) is 5.91 Å². The normalized spacial score (nSPS) is 24.0. The monoisotopic (exact) mass is 245 g/mol. The number of carbonyl (C=O) groups excluding carboxylic acids is 1. The van der Waals surface area contributed by atoms with Crippen LogP contribution in [-0.2, 0) is 14.3 Å². The average Bonchev–Trinajstić information content (AvgIpc) is 2.66. The van der Waals surface area contributed by atoms with Gasteiger partial charge in [0, 0.05) is 19.6 Å². The number of amides is 1. The predicted molar refractivity (Wildman–Crippen MR) is 59.5 cm³/mol. The molecule has 1 fully saturated rings. The first kappa shape index (κ1) is 13.9. The highest BCUT2D eigenvalue weighted by molar-refractivity contribution is 5.84. The van der Waals surface area contributed by atoms with E-state index in [1.807, 2.05) is 6.92 Å². The number of rotatable bonds is 6. The van der Waals surface area contributed by atoms with Gasteiger partial charge in [0.15, 0.2) is 0 Å². The summed E-state index contributed by atoms with van der Waals surface area (Å²) in [4.78, 5) is 23.9. The predicted octanol–water partition coefficient (Wildman–Crippen LogP) is -0.151. The number of hydrogen-bond acceptors (Lipinski definition) is 4. The highest BCUT2D eigenvalue weighted by atomic mass is 16.5. The Morgan fingerprint density at radius 2 is 2.12 bits per heavy atom. The molecule has 6 heteroatoms. The average molecular weight is 245 g/mol. The molecule has 17 heavy (non-hydrogen) atoms. The van der Waals surface area contributed by atoms with Crippen LogP contribution in [0.4, 0.5) is 0 Å². The summed E-state index contributed by atoms with van der Waals surface area (Å²) in [5.41, 5.74) is 0. The number of ether oxygens (including phenoxy) is 1. The van der Waals surface area contributed by atoms with Crippen molar-refractivity contribution < 1.29 is 24.5 Å². The van der Waals surface area contributed by atoms with E-state index in [9.17, 15) is 14.7 Å². The topological polar surface area (TPSA) is 87.1 Å². The van der Waals surface area contributed by atoms with Gasteiger partial charge in [-0.1, -0.05) is 6.92 Å². The number of carboxylic acid groups (broad SMARTS) is 1. The number of hydrogen-bond donors (Lipinski definition) is 2. The molecule has 1 saturated heterocycles. The number of carbonyl (C=O) groups is 2. The van der Waals surface area contributed by atoms with Crippen LogP contribution in [0.2, 0.25) is 0 Å². The van der Waals surface area contributed by atoms with Gasteiger partial charge in [0.25, 0.3) is 0 Å². The molecule has 0 aromatic carbocycles. The maximum Gasteiger partial charge on any atom is 0.326 e. The fraction of sp³-hybridized carbons (Fsp3) is 0.818. The van der Waals surface area contributed by atoms with Crippen LogP contribution in [0.5, 0.6) is 0 Å². The minimum atomic E-state index is -1.07. The van der Waals surface area contributed by atoms with E-state index in [1.54, 1.807) is 0 Å². The molecule has 2 atom stereocenters. The molecule has 1 heterocycles. The summed E-state index contributed by atoms with van der Waals surface area (Å²) in [6.45, 7) is 2.96. The highest BCUT2D eigenvalue weighted by Gasteiger charge is 2.38. The van der Waals surface area contributed by atoms with Crippen LogP contribution in [0, 0.1) is 0 Å². The van der Waals surface area contributed by atoms with Crippen LogP contribution in [0.15, 0.2) is 0 Å². The molecule has 0 radical (unpaired) electrons. The summed E-state index contributed by atoms with van der Waals surface area (Å²) in [5.74, 6) is -1.34.